The SMILES string of the molecule is CCOC(=O)Nn1c(C(=O)c2ccccc2)cn(-c2ccc(C)cc2)c1=O. The molecule has 0 aliphatic heterocycles. The fourth-order valence-electron chi connectivity index (χ4n) is 2.60. The lowest BCUT2D eigenvalue weighted by atomic mass is 10.1. The van der Waals surface area contributed by atoms with E-state index < -0.39 is 17.6 Å². The average molecular weight is 365 g/mol. The summed E-state index contributed by atoms with van der Waals surface area (Å²) in [7, 11) is 0. The summed E-state index contributed by atoms with van der Waals surface area (Å²) in [5.41, 5.74) is 3.80. The predicted molar refractivity (Wildman–Crippen MR) is 101 cm³/mol. The molecule has 0 radical (unpaired) electrons. The predicted octanol–water partition coefficient (Wildman–Crippen LogP) is 2.88. The Labute approximate surface area is 155 Å². The summed E-state index contributed by atoms with van der Waals surface area (Å²) in [5.74, 6) is -0.393. The highest BCUT2D eigenvalue weighted by Gasteiger charge is 2.21. The first-order chi connectivity index (χ1) is 13.0. The number of amides is 1. The van der Waals surface area contributed by atoms with Crippen molar-refractivity contribution < 1.29 is 14.3 Å². The van der Waals surface area contributed by atoms with Crippen molar-refractivity contribution in [3.8, 4) is 5.69 Å². The Balaban J connectivity index is 2.11. The van der Waals surface area contributed by atoms with E-state index in [2.05, 4.69) is 5.43 Å². The Morgan fingerprint density at radius 1 is 1.04 bits per heavy atom. The van der Waals surface area contributed by atoms with Gasteiger partial charge in [0.05, 0.1) is 12.3 Å². The van der Waals surface area contributed by atoms with Crippen molar-refractivity contribution in [1.82, 2.24) is 9.24 Å². The molecule has 0 aliphatic carbocycles. The fraction of sp³-hybridized carbons (Fsp3) is 0.150. The molecule has 3 rings (SSSR count). The molecule has 1 amide bonds. The molecule has 7 nitrogen and oxygen atoms in total. The molecule has 27 heavy (non-hydrogen) atoms. The number of carbonyl (C=O) groups is 2. The summed E-state index contributed by atoms with van der Waals surface area (Å²) in [4.78, 5) is 37.6. The molecule has 0 fully saturated rings. The van der Waals surface area contributed by atoms with Gasteiger partial charge < -0.3 is 4.74 Å². The highest BCUT2D eigenvalue weighted by atomic mass is 16.6. The molecule has 0 bridgehead atoms. The summed E-state index contributed by atoms with van der Waals surface area (Å²) in [5, 5.41) is 0. The quantitative estimate of drug-likeness (QED) is 0.705. The van der Waals surface area contributed by atoms with Crippen LogP contribution >= 0.6 is 0 Å². The smallest absolute Gasteiger partial charge is 0.426 e. The molecule has 2 aromatic carbocycles. The number of aryl methyl sites for hydroxylation is 1. The van der Waals surface area contributed by atoms with Gasteiger partial charge >= 0.3 is 11.8 Å². The number of ketones is 1. The van der Waals surface area contributed by atoms with Gasteiger partial charge in [0.25, 0.3) is 0 Å². The zero-order valence-corrected chi connectivity index (χ0v) is 15.0. The van der Waals surface area contributed by atoms with Gasteiger partial charge in [-0.3, -0.25) is 9.36 Å². The van der Waals surface area contributed by atoms with E-state index in [1.54, 1.807) is 49.4 Å². The molecule has 0 saturated carbocycles. The zero-order valence-electron chi connectivity index (χ0n) is 15.0. The van der Waals surface area contributed by atoms with E-state index in [1.807, 2.05) is 19.1 Å². The minimum Gasteiger partial charge on any atom is -0.449 e. The molecule has 1 N–H and O–H groups in total. The third-order valence-corrected chi connectivity index (χ3v) is 3.95. The summed E-state index contributed by atoms with van der Waals surface area (Å²) >= 11 is 0. The number of hydrogen-bond donors (Lipinski definition) is 1. The number of hydrogen-bond acceptors (Lipinski definition) is 4. The van der Waals surface area contributed by atoms with E-state index in [0.717, 1.165) is 10.2 Å². The van der Waals surface area contributed by atoms with Crippen LogP contribution in [-0.2, 0) is 4.74 Å². The van der Waals surface area contributed by atoms with Crippen molar-refractivity contribution >= 4 is 11.9 Å². The van der Waals surface area contributed by atoms with Crippen LogP contribution in [0, 0.1) is 6.92 Å². The molecule has 1 aromatic heterocycles. The monoisotopic (exact) mass is 365 g/mol. The molecule has 0 unspecified atom stereocenters. The minimum absolute atomic E-state index is 0.0276. The molecule has 0 spiro atoms. The molecule has 0 atom stereocenters. The maximum Gasteiger partial charge on any atom is 0.426 e. The van der Waals surface area contributed by atoms with Crippen molar-refractivity contribution in [2.24, 2.45) is 0 Å². The number of imidazole rings is 1. The first-order valence-electron chi connectivity index (χ1n) is 8.46. The van der Waals surface area contributed by atoms with Crippen LogP contribution in [0.1, 0.15) is 28.5 Å². The maximum atomic E-state index is 12.9. The fourth-order valence-corrected chi connectivity index (χ4v) is 2.60. The van der Waals surface area contributed by atoms with Crippen LogP contribution < -0.4 is 11.1 Å². The Kier molecular flexibility index (Phi) is 5.21. The molecular formula is C20H19N3O4. The highest BCUT2D eigenvalue weighted by molar-refractivity contribution is 6.08. The average Bonchev–Trinajstić information content (AvgIpc) is 2.99. The van der Waals surface area contributed by atoms with Crippen LogP contribution in [0.3, 0.4) is 0 Å². The lowest BCUT2D eigenvalue weighted by Crippen LogP contribution is -2.36. The number of nitrogens with one attached hydrogen (secondary N) is 1. The van der Waals surface area contributed by atoms with Crippen molar-refractivity contribution in [2.75, 3.05) is 12.0 Å². The summed E-state index contributed by atoms with van der Waals surface area (Å²) in [6, 6.07) is 15.8. The summed E-state index contributed by atoms with van der Waals surface area (Å²) in [6.07, 6.45) is 0.595. The number of rotatable bonds is 5. The second kappa shape index (κ2) is 7.74. The number of nitrogens with zero attached hydrogens (tertiary/aromatic N) is 2. The number of benzene rings is 2. The normalized spacial score (nSPS) is 10.4. The van der Waals surface area contributed by atoms with E-state index in [9.17, 15) is 14.4 Å². The molecule has 7 heteroatoms. The maximum absolute atomic E-state index is 12.9. The number of ether oxygens (including phenoxy) is 1. The zero-order chi connectivity index (χ0) is 19.4. The van der Waals surface area contributed by atoms with E-state index in [4.69, 9.17) is 4.74 Å². The Bertz CT molecular complexity index is 1020. The largest absolute Gasteiger partial charge is 0.449 e. The second-order valence-electron chi connectivity index (χ2n) is 5.87. The van der Waals surface area contributed by atoms with Crippen molar-refractivity contribution in [1.29, 1.82) is 0 Å². The molecular weight excluding hydrogens is 346 g/mol. The van der Waals surface area contributed by atoms with Gasteiger partial charge in [-0.15, -0.1) is 0 Å². The van der Waals surface area contributed by atoms with Crippen LogP contribution in [0.2, 0.25) is 0 Å². The van der Waals surface area contributed by atoms with E-state index in [1.165, 1.54) is 10.8 Å². The van der Waals surface area contributed by atoms with Gasteiger partial charge in [0.2, 0.25) is 5.78 Å². The van der Waals surface area contributed by atoms with Gasteiger partial charge in [-0.2, -0.15) is 4.68 Å². The van der Waals surface area contributed by atoms with Crippen molar-refractivity contribution in [3.05, 3.63) is 88.1 Å². The Morgan fingerprint density at radius 3 is 2.33 bits per heavy atom. The van der Waals surface area contributed by atoms with Crippen LogP contribution in [0.25, 0.3) is 5.69 Å². The first kappa shape index (κ1) is 18.2. The van der Waals surface area contributed by atoms with Gasteiger partial charge in [0, 0.05) is 11.8 Å². The standard InChI is InChI=1S/C20H19N3O4/c1-3-27-19(25)21-23-17(18(24)15-7-5-4-6-8-15)13-22(20(23)26)16-11-9-14(2)10-12-16/h4-13H,3H2,1-2H3,(H,21,25). The Hall–Kier alpha value is -3.61. The van der Waals surface area contributed by atoms with Crippen LogP contribution in [0.15, 0.2) is 65.6 Å². The van der Waals surface area contributed by atoms with E-state index >= 15 is 0 Å². The lowest BCUT2D eigenvalue weighted by molar-refractivity contribution is 0.103. The lowest BCUT2D eigenvalue weighted by Gasteiger charge is -2.08. The topological polar surface area (TPSA) is 82.3 Å². The van der Waals surface area contributed by atoms with Gasteiger partial charge in [0.15, 0.2) is 0 Å². The minimum atomic E-state index is -0.816. The number of aromatic nitrogens is 2. The van der Waals surface area contributed by atoms with Gasteiger partial charge in [0.1, 0.15) is 5.69 Å². The second-order valence-corrected chi connectivity index (χ2v) is 5.87. The molecule has 138 valence electrons. The number of carbonyl (C=O) groups excluding carboxylic acids is 2. The van der Waals surface area contributed by atoms with Gasteiger partial charge in [-0.1, -0.05) is 48.0 Å². The third kappa shape index (κ3) is 3.82. The third-order valence-electron chi connectivity index (χ3n) is 3.95. The molecule has 0 aliphatic rings. The molecule has 0 saturated heterocycles. The van der Waals surface area contributed by atoms with Crippen molar-refractivity contribution in [2.45, 2.75) is 13.8 Å². The first-order valence-corrected chi connectivity index (χ1v) is 8.46. The van der Waals surface area contributed by atoms with Gasteiger partial charge in [-0.25, -0.2) is 15.0 Å². The van der Waals surface area contributed by atoms with E-state index in [-0.39, 0.29) is 12.3 Å². The van der Waals surface area contributed by atoms with E-state index in [0.29, 0.717) is 11.3 Å². The van der Waals surface area contributed by atoms with Crippen LogP contribution in [-0.4, -0.2) is 27.7 Å². The highest BCUT2D eigenvalue weighted by Crippen LogP contribution is 2.12. The summed E-state index contributed by atoms with van der Waals surface area (Å²) < 4.78 is 7.06. The Morgan fingerprint density at radius 2 is 1.70 bits per heavy atom. The summed E-state index contributed by atoms with van der Waals surface area (Å²) in [6.45, 7) is 3.72. The van der Waals surface area contributed by atoms with Crippen LogP contribution in [0.4, 0.5) is 4.79 Å². The van der Waals surface area contributed by atoms with Gasteiger partial charge in [-0.05, 0) is 26.0 Å². The molecule has 1 heterocycles. The van der Waals surface area contributed by atoms with Crippen molar-refractivity contribution in [3.63, 3.8) is 0 Å². The molecule has 3 aromatic rings. The van der Waals surface area contributed by atoms with Crippen LogP contribution in [0.5, 0.6) is 0 Å².